The van der Waals surface area contributed by atoms with Crippen LogP contribution in [0.2, 0.25) is 0 Å². The zero-order chi connectivity index (χ0) is 11.4. The molecule has 0 spiro atoms. The molecule has 0 saturated carbocycles. The lowest BCUT2D eigenvalue weighted by Gasteiger charge is -2.31. The summed E-state index contributed by atoms with van der Waals surface area (Å²) in [6, 6.07) is -0.262. The lowest BCUT2D eigenvalue weighted by molar-refractivity contribution is -0.0565. The Morgan fingerprint density at radius 1 is 1.12 bits per heavy atom. The molecule has 5 heteroatoms. The van der Waals surface area contributed by atoms with E-state index in [1.54, 1.807) is 6.08 Å². The van der Waals surface area contributed by atoms with E-state index < -0.39 is 18.3 Å². The van der Waals surface area contributed by atoms with Gasteiger partial charge in [0.1, 0.15) is 18.3 Å². The minimum Gasteiger partial charge on any atom is -0.388 e. The van der Waals surface area contributed by atoms with E-state index in [2.05, 4.69) is 19.2 Å². The molecule has 0 heterocycles. The highest BCUT2D eigenvalue weighted by atomic mass is 35.5. The van der Waals surface area contributed by atoms with Crippen LogP contribution in [0.25, 0.3) is 0 Å². The molecular weight excluding hydrogens is 230 g/mol. The van der Waals surface area contributed by atoms with Crippen molar-refractivity contribution in [3.8, 4) is 0 Å². The van der Waals surface area contributed by atoms with Crippen LogP contribution in [0.3, 0.4) is 0 Å². The van der Waals surface area contributed by atoms with Gasteiger partial charge in [-0.15, -0.1) is 12.4 Å². The van der Waals surface area contributed by atoms with Crippen LogP contribution in [0.15, 0.2) is 12.2 Å². The molecule has 0 radical (unpaired) electrons. The van der Waals surface area contributed by atoms with Crippen LogP contribution >= 0.6 is 12.4 Å². The van der Waals surface area contributed by atoms with Gasteiger partial charge in [0, 0.05) is 0 Å². The van der Waals surface area contributed by atoms with E-state index in [0.29, 0.717) is 5.92 Å². The number of aliphatic hydroxyl groups excluding tert-OH is 3. The first-order valence-corrected chi connectivity index (χ1v) is 5.48. The fourth-order valence-corrected chi connectivity index (χ4v) is 1.60. The average molecular weight is 252 g/mol. The molecule has 0 bridgehead atoms. The number of aliphatic hydroxyl groups is 3. The minimum absolute atomic E-state index is 0. The molecule has 0 amide bonds. The highest BCUT2D eigenvalue weighted by molar-refractivity contribution is 5.85. The summed E-state index contributed by atoms with van der Waals surface area (Å²) in [6.07, 6.45) is 1.27. The van der Waals surface area contributed by atoms with E-state index in [1.165, 1.54) is 6.08 Å². The quantitative estimate of drug-likeness (QED) is 0.534. The van der Waals surface area contributed by atoms with Crippen molar-refractivity contribution in [1.29, 1.82) is 0 Å². The molecule has 0 saturated heterocycles. The molecule has 0 aromatic carbocycles. The van der Waals surface area contributed by atoms with Crippen molar-refractivity contribution in [2.75, 3.05) is 6.54 Å². The summed E-state index contributed by atoms with van der Waals surface area (Å²) in [6.45, 7) is 5.06. The summed E-state index contributed by atoms with van der Waals surface area (Å²) in [5.41, 5.74) is 0. The third-order valence-electron chi connectivity index (χ3n) is 2.69. The maximum Gasteiger partial charge on any atom is 0.111 e. The van der Waals surface area contributed by atoms with E-state index in [9.17, 15) is 15.3 Å². The van der Waals surface area contributed by atoms with Gasteiger partial charge < -0.3 is 20.6 Å². The molecule has 0 fully saturated rings. The van der Waals surface area contributed by atoms with E-state index in [4.69, 9.17) is 0 Å². The molecular formula is C11H22ClNO3. The van der Waals surface area contributed by atoms with Crippen molar-refractivity contribution in [2.24, 2.45) is 5.92 Å². The molecule has 0 aliphatic heterocycles. The zero-order valence-electron chi connectivity index (χ0n) is 9.71. The predicted molar refractivity (Wildman–Crippen MR) is 65.7 cm³/mol. The van der Waals surface area contributed by atoms with Gasteiger partial charge in [0.15, 0.2) is 0 Å². The predicted octanol–water partition coefficient (Wildman–Crippen LogP) is 0.0650. The summed E-state index contributed by atoms with van der Waals surface area (Å²) in [7, 11) is 0. The summed E-state index contributed by atoms with van der Waals surface area (Å²) < 4.78 is 0. The number of nitrogens with one attached hydrogen (secondary N) is 1. The van der Waals surface area contributed by atoms with Crippen LogP contribution in [0, 0.1) is 5.92 Å². The molecule has 1 aliphatic carbocycles. The normalized spacial score (nSPS) is 33.9. The number of halogens is 1. The fourth-order valence-electron chi connectivity index (χ4n) is 1.60. The van der Waals surface area contributed by atoms with Crippen molar-refractivity contribution in [1.82, 2.24) is 5.32 Å². The van der Waals surface area contributed by atoms with E-state index >= 15 is 0 Å². The van der Waals surface area contributed by atoms with Gasteiger partial charge in [-0.1, -0.05) is 26.0 Å². The number of hydrogen-bond donors (Lipinski definition) is 4. The third-order valence-corrected chi connectivity index (χ3v) is 2.69. The largest absolute Gasteiger partial charge is 0.388 e. The Kier molecular flexibility index (Phi) is 7.19. The molecule has 4 nitrogen and oxygen atoms in total. The standard InChI is InChI=1S/C11H21NO3.ClH/c1-7(2)5-6-12-8-3-4-9(13)11(15)10(8)14;/h3-4,7-15H,5-6H2,1-2H3;1H/t8-,9+,10+,11+;/m0./s1. The Hall–Kier alpha value is -0.130. The smallest absolute Gasteiger partial charge is 0.111 e. The van der Waals surface area contributed by atoms with Gasteiger partial charge in [-0.2, -0.15) is 0 Å². The molecule has 96 valence electrons. The van der Waals surface area contributed by atoms with Crippen LogP contribution in [-0.4, -0.2) is 46.2 Å². The zero-order valence-corrected chi connectivity index (χ0v) is 10.5. The second-order valence-electron chi connectivity index (χ2n) is 4.52. The summed E-state index contributed by atoms with van der Waals surface area (Å²) >= 11 is 0. The van der Waals surface area contributed by atoms with Crippen molar-refractivity contribution < 1.29 is 15.3 Å². The second-order valence-corrected chi connectivity index (χ2v) is 4.52. The molecule has 4 atom stereocenters. The first-order valence-electron chi connectivity index (χ1n) is 5.48. The van der Waals surface area contributed by atoms with Gasteiger partial charge in [0.25, 0.3) is 0 Å². The van der Waals surface area contributed by atoms with Crippen molar-refractivity contribution >= 4 is 12.4 Å². The maximum atomic E-state index is 9.65. The lowest BCUT2D eigenvalue weighted by atomic mass is 9.94. The van der Waals surface area contributed by atoms with E-state index in [-0.39, 0.29) is 18.4 Å². The highest BCUT2D eigenvalue weighted by Crippen LogP contribution is 2.13. The molecule has 0 aromatic heterocycles. The van der Waals surface area contributed by atoms with Crippen molar-refractivity contribution in [3.05, 3.63) is 12.2 Å². The monoisotopic (exact) mass is 251 g/mol. The fraction of sp³-hybridized carbons (Fsp3) is 0.818. The van der Waals surface area contributed by atoms with Gasteiger partial charge in [-0.05, 0) is 18.9 Å². The number of rotatable bonds is 4. The molecule has 1 rings (SSSR count). The Morgan fingerprint density at radius 3 is 2.31 bits per heavy atom. The molecule has 4 N–H and O–H groups in total. The van der Waals surface area contributed by atoms with Gasteiger partial charge in [-0.25, -0.2) is 0 Å². The second kappa shape index (κ2) is 7.25. The van der Waals surface area contributed by atoms with Crippen LogP contribution in [0.5, 0.6) is 0 Å². The Balaban J connectivity index is 0.00000225. The van der Waals surface area contributed by atoms with Gasteiger partial charge in [0.2, 0.25) is 0 Å². The van der Waals surface area contributed by atoms with Gasteiger partial charge >= 0.3 is 0 Å². The lowest BCUT2D eigenvalue weighted by Crippen LogP contribution is -2.52. The van der Waals surface area contributed by atoms with Crippen LogP contribution in [0.4, 0.5) is 0 Å². The van der Waals surface area contributed by atoms with Crippen LogP contribution in [0.1, 0.15) is 20.3 Å². The highest BCUT2D eigenvalue weighted by Gasteiger charge is 2.32. The Morgan fingerprint density at radius 2 is 1.75 bits per heavy atom. The Bertz CT molecular complexity index is 223. The molecule has 16 heavy (non-hydrogen) atoms. The third kappa shape index (κ3) is 4.39. The molecule has 0 aromatic rings. The van der Waals surface area contributed by atoms with Gasteiger partial charge in [-0.3, -0.25) is 0 Å². The van der Waals surface area contributed by atoms with Crippen LogP contribution in [-0.2, 0) is 0 Å². The Labute approximate surface area is 103 Å². The summed E-state index contributed by atoms with van der Waals surface area (Å²) in [4.78, 5) is 0. The average Bonchev–Trinajstić information content (AvgIpc) is 2.18. The van der Waals surface area contributed by atoms with Gasteiger partial charge in [0.05, 0.1) is 6.04 Å². The topological polar surface area (TPSA) is 72.7 Å². The minimum atomic E-state index is -1.09. The van der Waals surface area contributed by atoms with Crippen molar-refractivity contribution in [2.45, 2.75) is 44.6 Å². The first kappa shape index (κ1) is 15.9. The first-order chi connectivity index (χ1) is 7.02. The summed E-state index contributed by atoms with van der Waals surface area (Å²) in [5, 5.41) is 31.5. The van der Waals surface area contributed by atoms with Crippen molar-refractivity contribution in [3.63, 3.8) is 0 Å². The van der Waals surface area contributed by atoms with E-state index in [0.717, 1.165) is 13.0 Å². The number of hydrogen-bond acceptors (Lipinski definition) is 4. The molecule has 0 unspecified atom stereocenters. The van der Waals surface area contributed by atoms with Crippen LogP contribution < -0.4 is 5.32 Å². The SMILES string of the molecule is CC(C)CCN[C@H]1C=C[C@@H](O)[C@@H](O)[C@@H]1O.Cl. The van der Waals surface area contributed by atoms with E-state index in [1.807, 2.05) is 0 Å². The summed E-state index contributed by atoms with van der Waals surface area (Å²) in [5.74, 6) is 0.609. The molecule has 1 aliphatic rings. The maximum absolute atomic E-state index is 9.65.